The summed E-state index contributed by atoms with van der Waals surface area (Å²) in [4.78, 5) is 10.7. The lowest BCUT2D eigenvalue weighted by Crippen LogP contribution is -2.43. The molecule has 1 saturated heterocycles. The number of hydrogen-bond acceptors (Lipinski definition) is 3. The van der Waals surface area contributed by atoms with Crippen LogP contribution in [0.4, 0.5) is 4.79 Å². The summed E-state index contributed by atoms with van der Waals surface area (Å²) in [6.07, 6.45) is 4.67. The molecule has 0 aromatic heterocycles. The van der Waals surface area contributed by atoms with Crippen molar-refractivity contribution >= 4 is 6.09 Å². The Morgan fingerprint density at radius 2 is 2.29 bits per heavy atom. The molecule has 2 fully saturated rings. The standard InChI is InChI=1S/C12H22N2O3/c1-13-7-10(14-11(15)16)6-9-2-3-12(4-5-12)17-8-9/h9-10,13-14H,2-8H2,1H3,(H,15,16)/t9-,10+/m1/s1. The molecule has 2 aliphatic rings. The first-order valence-electron chi connectivity index (χ1n) is 6.41. The zero-order valence-electron chi connectivity index (χ0n) is 10.4. The Bertz CT molecular complexity index is 269. The Kier molecular flexibility index (Phi) is 3.89. The van der Waals surface area contributed by atoms with E-state index in [1.807, 2.05) is 7.05 Å². The maximum atomic E-state index is 10.7. The molecule has 98 valence electrons. The van der Waals surface area contributed by atoms with Crippen LogP contribution in [0.3, 0.4) is 0 Å². The summed E-state index contributed by atoms with van der Waals surface area (Å²) in [5.41, 5.74) is 0.231. The average Bonchev–Trinajstić information content (AvgIpc) is 3.02. The van der Waals surface area contributed by atoms with Gasteiger partial charge < -0.3 is 20.5 Å². The van der Waals surface area contributed by atoms with Gasteiger partial charge in [-0.3, -0.25) is 0 Å². The SMILES string of the molecule is CNC[C@H](C[C@H]1CCC2(CC2)OC1)NC(=O)O. The molecule has 1 amide bonds. The molecule has 0 radical (unpaired) electrons. The summed E-state index contributed by atoms with van der Waals surface area (Å²) >= 11 is 0. The Labute approximate surface area is 102 Å². The largest absolute Gasteiger partial charge is 0.465 e. The van der Waals surface area contributed by atoms with Gasteiger partial charge in [0.15, 0.2) is 0 Å². The molecule has 5 nitrogen and oxygen atoms in total. The number of hydrogen-bond donors (Lipinski definition) is 3. The van der Waals surface area contributed by atoms with Crippen molar-refractivity contribution in [3.05, 3.63) is 0 Å². The molecule has 0 aromatic carbocycles. The highest BCUT2D eigenvalue weighted by Crippen LogP contribution is 2.47. The van der Waals surface area contributed by atoms with Gasteiger partial charge in [-0.15, -0.1) is 0 Å². The molecule has 2 atom stereocenters. The van der Waals surface area contributed by atoms with Crippen LogP contribution in [0, 0.1) is 5.92 Å². The van der Waals surface area contributed by atoms with Crippen molar-refractivity contribution in [3.8, 4) is 0 Å². The number of likely N-dealkylation sites (N-methyl/N-ethyl adjacent to an activating group) is 1. The van der Waals surface area contributed by atoms with Crippen LogP contribution in [0.2, 0.25) is 0 Å². The van der Waals surface area contributed by atoms with Crippen LogP contribution in [0.25, 0.3) is 0 Å². The van der Waals surface area contributed by atoms with Crippen LogP contribution in [-0.2, 0) is 4.74 Å². The molecular formula is C12H22N2O3. The third kappa shape index (κ3) is 3.57. The highest BCUT2D eigenvalue weighted by Gasteiger charge is 2.46. The minimum atomic E-state index is -0.944. The fraction of sp³-hybridized carbons (Fsp3) is 0.917. The van der Waals surface area contributed by atoms with Crippen LogP contribution in [-0.4, -0.2) is 43.0 Å². The number of rotatable bonds is 5. The monoisotopic (exact) mass is 242 g/mol. The van der Waals surface area contributed by atoms with Crippen LogP contribution in [0.15, 0.2) is 0 Å². The second kappa shape index (κ2) is 5.23. The Morgan fingerprint density at radius 3 is 2.76 bits per heavy atom. The number of ether oxygens (including phenoxy) is 1. The van der Waals surface area contributed by atoms with Gasteiger partial charge in [0, 0.05) is 12.6 Å². The number of carbonyl (C=O) groups is 1. The maximum absolute atomic E-state index is 10.7. The smallest absolute Gasteiger partial charge is 0.404 e. The molecule has 0 unspecified atom stereocenters. The lowest BCUT2D eigenvalue weighted by atomic mass is 9.91. The third-order valence-corrected chi connectivity index (χ3v) is 3.84. The highest BCUT2D eigenvalue weighted by atomic mass is 16.5. The van der Waals surface area contributed by atoms with E-state index in [4.69, 9.17) is 9.84 Å². The van der Waals surface area contributed by atoms with Crippen molar-refractivity contribution in [1.82, 2.24) is 10.6 Å². The van der Waals surface area contributed by atoms with Crippen LogP contribution in [0.5, 0.6) is 0 Å². The fourth-order valence-electron chi connectivity index (χ4n) is 2.65. The van der Waals surface area contributed by atoms with Crippen molar-refractivity contribution in [1.29, 1.82) is 0 Å². The van der Waals surface area contributed by atoms with Crippen LogP contribution < -0.4 is 10.6 Å². The van der Waals surface area contributed by atoms with Crippen molar-refractivity contribution in [3.63, 3.8) is 0 Å². The lowest BCUT2D eigenvalue weighted by molar-refractivity contribution is -0.0379. The number of carboxylic acid groups (broad SMARTS) is 1. The molecular weight excluding hydrogens is 220 g/mol. The summed E-state index contributed by atoms with van der Waals surface area (Å²) in [6.45, 7) is 1.47. The normalized spacial score (nSPS) is 27.7. The molecule has 1 heterocycles. The first-order chi connectivity index (χ1) is 8.13. The van der Waals surface area contributed by atoms with Gasteiger partial charge in [0.2, 0.25) is 0 Å². The molecule has 3 N–H and O–H groups in total. The van der Waals surface area contributed by atoms with E-state index < -0.39 is 6.09 Å². The lowest BCUT2D eigenvalue weighted by Gasteiger charge is -2.31. The molecule has 5 heteroatoms. The summed E-state index contributed by atoms with van der Waals surface area (Å²) in [5.74, 6) is 0.492. The summed E-state index contributed by atoms with van der Waals surface area (Å²) in [6, 6.07) is -0.0145. The van der Waals surface area contributed by atoms with E-state index in [-0.39, 0.29) is 11.6 Å². The van der Waals surface area contributed by atoms with E-state index in [0.29, 0.717) is 12.5 Å². The predicted octanol–water partition coefficient (Wildman–Crippen LogP) is 1.19. The minimum Gasteiger partial charge on any atom is -0.465 e. The summed E-state index contributed by atoms with van der Waals surface area (Å²) in [7, 11) is 1.84. The van der Waals surface area contributed by atoms with Crippen molar-refractivity contribution in [2.24, 2.45) is 5.92 Å². The Balaban J connectivity index is 1.75. The Hall–Kier alpha value is -0.810. The van der Waals surface area contributed by atoms with Gasteiger partial charge in [0.25, 0.3) is 0 Å². The van der Waals surface area contributed by atoms with Crippen molar-refractivity contribution in [2.75, 3.05) is 20.2 Å². The molecule has 1 aliphatic heterocycles. The van der Waals surface area contributed by atoms with Gasteiger partial charge in [0.1, 0.15) is 0 Å². The second-order valence-corrected chi connectivity index (χ2v) is 5.34. The first kappa shape index (κ1) is 12.6. The van der Waals surface area contributed by atoms with E-state index in [1.165, 1.54) is 19.3 Å². The molecule has 0 aromatic rings. The van der Waals surface area contributed by atoms with Gasteiger partial charge in [-0.25, -0.2) is 4.79 Å². The van der Waals surface area contributed by atoms with Gasteiger partial charge in [-0.1, -0.05) is 0 Å². The zero-order valence-corrected chi connectivity index (χ0v) is 10.4. The van der Waals surface area contributed by atoms with Gasteiger partial charge in [-0.2, -0.15) is 0 Å². The third-order valence-electron chi connectivity index (χ3n) is 3.84. The van der Waals surface area contributed by atoms with Crippen molar-refractivity contribution < 1.29 is 14.6 Å². The molecule has 2 rings (SSSR count). The van der Waals surface area contributed by atoms with E-state index in [9.17, 15) is 4.79 Å². The van der Waals surface area contributed by atoms with Crippen molar-refractivity contribution in [2.45, 2.75) is 43.7 Å². The first-order valence-corrected chi connectivity index (χ1v) is 6.41. The van der Waals surface area contributed by atoms with Crippen LogP contribution >= 0.6 is 0 Å². The molecule has 1 aliphatic carbocycles. The number of nitrogens with one attached hydrogen (secondary N) is 2. The van der Waals surface area contributed by atoms with Crippen LogP contribution in [0.1, 0.15) is 32.1 Å². The minimum absolute atomic E-state index is 0.0145. The van der Waals surface area contributed by atoms with Gasteiger partial charge in [0.05, 0.1) is 12.2 Å². The highest BCUT2D eigenvalue weighted by molar-refractivity contribution is 5.64. The zero-order chi connectivity index (χ0) is 12.3. The average molecular weight is 242 g/mol. The molecule has 0 bridgehead atoms. The topological polar surface area (TPSA) is 70.6 Å². The molecule has 1 spiro atoms. The molecule has 1 saturated carbocycles. The van der Waals surface area contributed by atoms with E-state index in [1.54, 1.807) is 0 Å². The predicted molar refractivity (Wildman–Crippen MR) is 64.1 cm³/mol. The summed E-state index contributed by atoms with van der Waals surface area (Å²) < 4.78 is 5.88. The maximum Gasteiger partial charge on any atom is 0.404 e. The number of amides is 1. The molecule has 17 heavy (non-hydrogen) atoms. The quantitative estimate of drug-likeness (QED) is 0.677. The van der Waals surface area contributed by atoms with E-state index >= 15 is 0 Å². The van der Waals surface area contributed by atoms with Gasteiger partial charge >= 0.3 is 6.09 Å². The van der Waals surface area contributed by atoms with Gasteiger partial charge in [-0.05, 0) is 45.1 Å². The summed E-state index contributed by atoms with van der Waals surface area (Å²) in [5, 5.41) is 14.4. The second-order valence-electron chi connectivity index (χ2n) is 5.34. The fourth-order valence-corrected chi connectivity index (χ4v) is 2.65. The van der Waals surface area contributed by atoms with E-state index in [0.717, 1.165) is 19.4 Å². The van der Waals surface area contributed by atoms with E-state index in [2.05, 4.69) is 10.6 Å². The Morgan fingerprint density at radius 1 is 1.53 bits per heavy atom.